The van der Waals surface area contributed by atoms with Crippen LogP contribution >= 0.6 is 0 Å². The Morgan fingerprint density at radius 1 is 1.26 bits per heavy atom. The molecule has 1 aliphatic heterocycles. The van der Waals surface area contributed by atoms with Crippen molar-refractivity contribution >= 4 is 11.7 Å². The number of rotatable bonds is 5. The van der Waals surface area contributed by atoms with E-state index >= 15 is 0 Å². The van der Waals surface area contributed by atoms with E-state index in [0.29, 0.717) is 12.1 Å². The molecule has 1 fully saturated rings. The molecule has 23 heavy (non-hydrogen) atoms. The highest BCUT2D eigenvalue weighted by molar-refractivity contribution is 5.93. The van der Waals surface area contributed by atoms with E-state index in [0.717, 1.165) is 44.1 Å². The molecule has 6 nitrogen and oxygen atoms in total. The molecule has 0 atom stereocenters. The number of anilines is 1. The number of hydrogen-bond donors (Lipinski definition) is 1. The Balaban J connectivity index is 1.52. The summed E-state index contributed by atoms with van der Waals surface area (Å²) in [4.78, 5) is 21.1. The summed E-state index contributed by atoms with van der Waals surface area (Å²) < 4.78 is 4.90. The first-order valence-electron chi connectivity index (χ1n) is 7.99. The van der Waals surface area contributed by atoms with E-state index < -0.39 is 0 Å². The Labute approximate surface area is 136 Å². The maximum absolute atomic E-state index is 11.8. The smallest absolute Gasteiger partial charge is 0.254 e. The Kier molecular flexibility index (Phi) is 4.92. The van der Waals surface area contributed by atoms with Crippen molar-refractivity contribution in [2.45, 2.75) is 13.5 Å². The zero-order valence-electron chi connectivity index (χ0n) is 13.4. The largest absolute Gasteiger partial charge is 0.472 e. The lowest BCUT2D eigenvalue weighted by Crippen LogP contribution is -2.46. The van der Waals surface area contributed by atoms with E-state index in [-0.39, 0.29) is 5.91 Å². The normalized spacial score (nSPS) is 15.6. The number of nitrogens with one attached hydrogen (secondary N) is 1. The number of piperazine rings is 1. The molecule has 3 rings (SSSR count). The molecule has 2 aromatic rings. The molecule has 1 aliphatic rings. The SMILES string of the molecule is CCN1CCN(c2ccc(CNC(=O)c3ccoc3)cn2)CC1. The van der Waals surface area contributed by atoms with Gasteiger partial charge in [0.05, 0.1) is 11.8 Å². The highest BCUT2D eigenvalue weighted by atomic mass is 16.3. The average molecular weight is 314 g/mol. The van der Waals surface area contributed by atoms with Crippen LogP contribution in [0.4, 0.5) is 5.82 Å². The molecule has 0 spiro atoms. The van der Waals surface area contributed by atoms with E-state index in [1.807, 2.05) is 18.3 Å². The minimum absolute atomic E-state index is 0.140. The van der Waals surface area contributed by atoms with Crippen LogP contribution in [-0.2, 0) is 6.54 Å². The number of carbonyl (C=O) groups excluding carboxylic acids is 1. The van der Waals surface area contributed by atoms with Gasteiger partial charge in [0.25, 0.3) is 5.91 Å². The summed E-state index contributed by atoms with van der Waals surface area (Å²) in [5, 5.41) is 2.85. The molecule has 1 amide bonds. The Morgan fingerprint density at radius 3 is 2.70 bits per heavy atom. The number of furan rings is 1. The van der Waals surface area contributed by atoms with E-state index in [4.69, 9.17) is 4.42 Å². The number of aromatic nitrogens is 1. The van der Waals surface area contributed by atoms with Gasteiger partial charge in [-0.25, -0.2) is 4.98 Å². The second-order valence-corrected chi connectivity index (χ2v) is 5.64. The lowest BCUT2D eigenvalue weighted by molar-refractivity contribution is 0.0950. The fourth-order valence-electron chi connectivity index (χ4n) is 2.68. The summed E-state index contributed by atoms with van der Waals surface area (Å²) >= 11 is 0. The maximum atomic E-state index is 11.8. The van der Waals surface area contributed by atoms with Crippen LogP contribution in [0.3, 0.4) is 0 Å². The van der Waals surface area contributed by atoms with Gasteiger partial charge in [0.2, 0.25) is 0 Å². The highest BCUT2D eigenvalue weighted by Gasteiger charge is 2.16. The van der Waals surface area contributed by atoms with Crippen molar-refractivity contribution in [3.8, 4) is 0 Å². The van der Waals surface area contributed by atoms with Crippen LogP contribution in [0.15, 0.2) is 41.3 Å². The minimum Gasteiger partial charge on any atom is -0.472 e. The van der Waals surface area contributed by atoms with Crippen LogP contribution in [0.2, 0.25) is 0 Å². The Hall–Kier alpha value is -2.34. The first kappa shape index (κ1) is 15.6. The van der Waals surface area contributed by atoms with Crippen molar-refractivity contribution in [3.63, 3.8) is 0 Å². The van der Waals surface area contributed by atoms with Gasteiger partial charge in [0, 0.05) is 38.9 Å². The molecular weight excluding hydrogens is 292 g/mol. The predicted octanol–water partition coefficient (Wildman–Crippen LogP) is 1.75. The second kappa shape index (κ2) is 7.28. The summed E-state index contributed by atoms with van der Waals surface area (Å²) in [5.41, 5.74) is 1.51. The van der Waals surface area contributed by atoms with E-state index in [1.54, 1.807) is 6.07 Å². The van der Waals surface area contributed by atoms with Crippen LogP contribution in [0.1, 0.15) is 22.8 Å². The second-order valence-electron chi connectivity index (χ2n) is 5.64. The Bertz CT molecular complexity index is 617. The van der Waals surface area contributed by atoms with Gasteiger partial charge in [-0.05, 0) is 24.2 Å². The number of pyridine rings is 1. The van der Waals surface area contributed by atoms with E-state index in [1.165, 1.54) is 12.5 Å². The number of hydrogen-bond acceptors (Lipinski definition) is 5. The molecule has 0 saturated carbocycles. The predicted molar refractivity (Wildman–Crippen MR) is 88.4 cm³/mol. The standard InChI is InChI=1S/C17H22N4O2/c1-2-20-6-8-21(9-7-20)16-4-3-14(11-18-16)12-19-17(22)15-5-10-23-13-15/h3-5,10-11,13H,2,6-9,12H2,1H3,(H,19,22). The highest BCUT2D eigenvalue weighted by Crippen LogP contribution is 2.14. The van der Waals surface area contributed by atoms with Gasteiger partial charge < -0.3 is 19.5 Å². The number of amides is 1. The first-order valence-corrected chi connectivity index (χ1v) is 7.99. The third kappa shape index (κ3) is 3.90. The summed E-state index contributed by atoms with van der Waals surface area (Å²) in [7, 11) is 0. The summed E-state index contributed by atoms with van der Waals surface area (Å²) in [6, 6.07) is 5.69. The molecule has 0 unspecified atom stereocenters. The topological polar surface area (TPSA) is 61.6 Å². The molecule has 1 saturated heterocycles. The van der Waals surface area contributed by atoms with Crippen molar-refractivity contribution in [2.24, 2.45) is 0 Å². The van der Waals surface area contributed by atoms with Gasteiger partial charge in [-0.3, -0.25) is 4.79 Å². The van der Waals surface area contributed by atoms with E-state index in [2.05, 4.69) is 27.0 Å². The molecule has 6 heteroatoms. The van der Waals surface area contributed by atoms with Crippen LogP contribution in [0.5, 0.6) is 0 Å². The van der Waals surface area contributed by atoms with Gasteiger partial charge >= 0.3 is 0 Å². The zero-order chi connectivity index (χ0) is 16.1. The lowest BCUT2D eigenvalue weighted by Gasteiger charge is -2.34. The molecule has 0 aromatic carbocycles. The van der Waals surface area contributed by atoms with Crippen molar-refractivity contribution in [2.75, 3.05) is 37.6 Å². The van der Waals surface area contributed by atoms with E-state index in [9.17, 15) is 4.79 Å². The van der Waals surface area contributed by atoms with Crippen LogP contribution in [0.25, 0.3) is 0 Å². The van der Waals surface area contributed by atoms with Crippen LogP contribution in [-0.4, -0.2) is 48.5 Å². The van der Waals surface area contributed by atoms with Gasteiger partial charge in [-0.1, -0.05) is 13.0 Å². The van der Waals surface area contributed by atoms with Gasteiger partial charge in [0.15, 0.2) is 0 Å². The molecular formula is C17H22N4O2. The molecule has 3 heterocycles. The first-order chi connectivity index (χ1) is 11.3. The average Bonchev–Trinajstić information content (AvgIpc) is 3.15. The fraction of sp³-hybridized carbons (Fsp3) is 0.412. The molecule has 0 radical (unpaired) electrons. The third-order valence-corrected chi connectivity index (χ3v) is 4.19. The van der Waals surface area contributed by atoms with Gasteiger partial charge in [-0.15, -0.1) is 0 Å². The fourth-order valence-corrected chi connectivity index (χ4v) is 2.68. The molecule has 122 valence electrons. The quantitative estimate of drug-likeness (QED) is 0.911. The van der Waals surface area contributed by atoms with Gasteiger partial charge in [-0.2, -0.15) is 0 Å². The van der Waals surface area contributed by atoms with Crippen LogP contribution in [0, 0.1) is 0 Å². The van der Waals surface area contributed by atoms with Crippen molar-refractivity contribution in [3.05, 3.63) is 48.0 Å². The summed E-state index contributed by atoms with van der Waals surface area (Å²) in [5.74, 6) is 0.865. The van der Waals surface area contributed by atoms with Crippen molar-refractivity contribution < 1.29 is 9.21 Å². The molecule has 0 aliphatic carbocycles. The number of carbonyl (C=O) groups is 1. The third-order valence-electron chi connectivity index (χ3n) is 4.19. The van der Waals surface area contributed by atoms with Crippen LogP contribution < -0.4 is 10.2 Å². The maximum Gasteiger partial charge on any atom is 0.254 e. The minimum atomic E-state index is -0.140. The van der Waals surface area contributed by atoms with Crippen molar-refractivity contribution in [1.82, 2.24) is 15.2 Å². The molecule has 1 N–H and O–H groups in total. The zero-order valence-corrected chi connectivity index (χ0v) is 13.4. The summed E-state index contributed by atoms with van der Waals surface area (Å²) in [6.07, 6.45) is 4.76. The number of likely N-dealkylation sites (N-methyl/N-ethyl adjacent to an activating group) is 1. The summed E-state index contributed by atoms with van der Waals surface area (Å²) in [6.45, 7) is 7.95. The Morgan fingerprint density at radius 2 is 2.09 bits per heavy atom. The molecule has 0 bridgehead atoms. The van der Waals surface area contributed by atoms with Crippen molar-refractivity contribution in [1.29, 1.82) is 0 Å². The monoisotopic (exact) mass is 314 g/mol. The number of nitrogens with zero attached hydrogens (tertiary/aromatic N) is 3. The lowest BCUT2D eigenvalue weighted by atomic mass is 10.2. The van der Waals surface area contributed by atoms with Gasteiger partial charge in [0.1, 0.15) is 12.1 Å². The molecule has 2 aromatic heterocycles.